The number of unbranched alkanes of at least 4 members (excludes halogenated alkanes) is 1. The summed E-state index contributed by atoms with van der Waals surface area (Å²) in [6, 6.07) is 0. The van der Waals surface area contributed by atoms with Crippen LogP contribution in [0.25, 0.3) is 0 Å². The highest BCUT2D eigenvalue weighted by molar-refractivity contribution is 7.13. The summed E-state index contributed by atoms with van der Waals surface area (Å²) in [7, 11) is 0. The van der Waals surface area contributed by atoms with E-state index in [0.717, 1.165) is 12.8 Å². The molecule has 5 nitrogen and oxygen atoms in total. The predicted molar refractivity (Wildman–Crippen MR) is 81.8 cm³/mol. The highest BCUT2D eigenvalue weighted by Gasteiger charge is 2.22. The Kier molecular flexibility index (Phi) is 6.13. The second kappa shape index (κ2) is 7.38. The number of rotatable bonds is 6. The van der Waals surface area contributed by atoms with Crippen LogP contribution in [0.5, 0.6) is 0 Å². The molecule has 0 atom stereocenters. The molecule has 1 aromatic rings. The third-order valence-electron chi connectivity index (χ3n) is 2.65. The lowest BCUT2D eigenvalue weighted by Crippen LogP contribution is -2.27. The van der Waals surface area contributed by atoms with E-state index in [1.54, 1.807) is 5.38 Å². The zero-order valence-corrected chi connectivity index (χ0v) is 13.4. The van der Waals surface area contributed by atoms with Crippen molar-refractivity contribution < 1.29 is 9.59 Å². The molecule has 2 N–H and O–H groups in total. The molecule has 112 valence electrons. The van der Waals surface area contributed by atoms with Gasteiger partial charge < -0.3 is 10.6 Å². The maximum atomic E-state index is 11.8. The standard InChI is InChI=1S/C14H23N3O2S/c1-5-6-7-15-11(18)8-10-9-20-13(16-10)17-12(19)14(2,3)4/h9H,5-8H2,1-4H3,(H,15,18)(H,16,17,19). The minimum Gasteiger partial charge on any atom is -0.356 e. The fourth-order valence-electron chi connectivity index (χ4n) is 1.36. The molecule has 0 bridgehead atoms. The van der Waals surface area contributed by atoms with Crippen molar-refractivity contribution in [3.8, 4) is 0 Å². The summed E-state index contributed by atoms with van der Waals surface area (Å²) in [4.78, 5) is 27.7. The van der Waals surface area contributed by atoms with E-state index in [4.69, 9.17) is 0 Å². The molecule has 2 amide bonds. The third kappa shape index (κ3) is 5.69. The Morgan fingerprint density at radius 3 is 2.65 bits per heavy atom. The van der Waals surface area contributed by atoms with Crippen LogP contribution in [-0.4, -0.2) is 23.3 Å². The van der Waals surface area contributed by atoms with Crippen LogP contribution < -0.4 is 10.6 Å². The van der Waals surface area contributed by atoms with Gasteiger partial charge in [0.15, 0.2) is 5.13 Å². The molecule has 1 heterocycles. The monoisotopic (exact) mass is 297 g/mol. The van der Waals surface area contributed by atoms with Crippen molar-refractivity contribution in [2.24, 2.45) is 5.41 Å². The van der Waals surface area contributed by atoms with E-state index in [1.165, 1.54) is 11.3 Å². The molecular formula is C14H23N3O2S. The van der Waals surface area contributed by atoms with Crippen LogP contribution in [0, 0.1) is 5.41 Å². The zero-order valence-electron chi connectivity index (χ0n) is 12.6. The van der Waals surface area contributed by atoms with E-state index in [9.17, 15) is 9.59 Å². The second-order valence-corrected chi connectivity index (χ2v) is 6.59. The van der Waals surface area contributed by atoms with Crippen LogP contribution in [0.3, 0.4) is 0 Å². The number of carbonyl (C=O) groups excluding carboxylic acids is 2. The minimum atomic E-state index is -0.455. The predicted octanol–water partition coefficient (Wildman–Crippen LogP) is 2.59. The number of nitrogens with zero attached hydrogens (tertiary/aromatic N) is 1. The zero-order chi connectivity index (χ0) is 15.2. The van der Waals surface area contributed by atoms with Gasteiger partial charge in [0.1, 0.15) is 0 Å². The molecule has 20 heavy (non-hydrogen) atoms. The highest BCUT2D eigenvalue weighted by atomic mass is 32.1. The van der Waals surface area contributed by atoms with Crippen molar-refractivity contribution in [3.05, 3.63) is 11.1 Å². The quantitative estimate of drug-likeness (QED) is 0.793. The number of nitrogens with one attached hydrogen (secondary N) is 2. The second-order valence-electron chi connectivity index (χ2n) is 5.73. The van der Waals surface area contributed by atoms with Crippen molar-refractivity contribution in [2.45, 2.75) is 47.0 Å². The fourth-order valence-corrected chi connectivity index (χ4v) is 2.07. The number of hydrogen-bond donors (Lipinski definition) is 2. The SMILES string of the molecule is CCCCNC(=O)Cc1csc(NC(=O)C(C)(C)C)n1. The average molecular weight is 297 g/mol. The lowest BCUT2D eigenvalue weighted by Gasteiger charge is -2.15. The van der Waals surface area contributed by atoms with Crippen LogP contribution in [0.15, 0.2) is 5.38 Å². The van der Waals surface area contributed by atoms with Crippen LogP contribution >= 0.6 is 11.3 Å². The lowest BCUT2D eigenvalue weighted by molar-refractivity contribution is -0.123. The van der Waals surface area contributed by atoms with Gasteiger partial charge in [-0.3, -0.25) is 9.59 Å². The number of aromatic nitrogens is 1. The molecular weight excluding hydrogens is 274 g/mol. The Hall–Kier alpha value is -1.43. The summed E-state index contributed by atoms with van der Waals surface area (Å²) in [6.07, 6.45) is 2.29. The molecule has 1 aromatic heterocycles. The minimum absolute atomic E-state index is 0.0301. The van der Waals surface area contributed by atoms with Crippen molar-refractivity contribution in [3.63, 3.8) is 0 Å². The first-order chi connectivity index (χ1) is 9.32. The first-order valence-electron chi connectivity index (χ1n) is 6.85. The number of hydrogen-bond acceptors (Lipinski definition) is 4. The van der Waals surface area contributed by atoms with Gasteiger partial charge in [-0.05, 0) is 6.42 Å². The van der Waals surface area contributed by atoms with Crippen LogP contribution in [0.1, 0.15) is 46.2 Å². The van der Waals surface area contributed by atoms with E-state index in [0.29, 0.717) is 17.4 Å². The third-order valence-corrected chi connectivity index (χ3v) is 3.45. The van der Waals surface area contributed by atoms with Crippen LogP contribution in [0.2, 0.25) is 0 Å². The Morgan fingerprint density at radius 1 is 1.35 bits per heavy atom. The Labute approximate surface area is 124 Å². The van der Waals surface area contributed by atoms with Gasteiger partial charge >= 0.3 is 0 Å². The molecule has 0 saturated carbocycles. The Balaban J connectivity index is 2.47. The van der Waals surface area contributed by atoms with Crippen molar-refractivity contribution in [2.75, 3.05) is 11.9 Å². The molecule has 0 aliphatic heterocycles. The van der Waals surface area contributed by atoms with E-state index in [1.807, 2.05) is 20.8 Å². The fraction of sp³-hybridized carbons (Fsp3) is 0.643. The molecule has 0 aliphatic carbocycles. The van der Waals surface area contributed by atoms with Gasteiger partial charge in [0.2, 0.25) is 11.8 Å². The summed E-state index contributed by atoms with van der Waals surface area (Å²) >= 11 is 1.34. The Bertz CT molecular complexity index is 463. The highest BCUT2D eigenvalue weighted by Crippen LogP contribution is 2.20. The van der Waals surface area contributed by atoms with Gasteiger partial charge in [-0.15, -0.1) is 11.3 Å². The molecule has 0 fully saturated rings. The first kappa shape index (κ1) is 16.6. The van der Waals surface area contributed by atoms with Gasteiger partial charge in [-0.25, -0.2) is 4.98 Å². The van der Waals surface area contributed by atoms with Gasteiger partial charge in [-0.1, -0.05) is 34.1 Å². The van der Waals surface area contributed by atoms with Gasteiger partial charge in [0, 0.05) is 17.3 Å². The maximum Gasteiger partial charge on any atom is 0.231 e. The van der Waals surface area contributed by atoms with Crippen LogP contribution in [-0.2, 0) is 16.0 Å². The summed E-state index contributed by atoms with van der Waals surface area (Å²) in [5, 5.41) is 7.96. The summed E-state index contributed by atoms with van der Waals surface area (Å²) in [5.41, 5.74) is 0.233. The molecule has 0 aromatic carbocycles. The van der Waals surface area contributed by atoms with Crippen LogP contribution in [0.4, 0.5) is 5.13 Å². The van der Waals surface area contributed by atoms with Crippen molar-refractivity contribution in [1.82, 2.24) is 10.3 Å². The number of amides is 2. The van der Waals surface area contributed by atoms with Gasteiger partial charge in [0.05, 0.1) is 12.1 Å². The molecule has 0 saturated heterocycles. The van der Waals surface area contributed by atoms with E-state index in [2.05, 4.69) is 22.5 Å². The number of thiazole rings is 1. The molecule has 0 radical (unpaired) electrons. The molecule has 6 heteroatoms. The average Bonchev–Trinajstić information content (AvgIpc) is 2.75. The number of anilines is 1. The summed E-state index contributed by atoms with van der Waals surface area (Å²) in [5.74, 6) is -0.108. The molecule has 0 aliphatic rings. The lowest BCUT2D eigenvalue weighted by atomic mass is 9.96. The molecule has 0 spiro atoms. The van der Waals surface area contributed by atoms with E-state index >= 15 is 0 Å². The smallest absolute Gasteiger partial charge is 0.231 e. The maximum absolute atomic E-state index is 11.8. The van der Waals surface area contributed by atoms with Gasteiger partial charge in [0.25, 0.3) is 0 Å². The Morgan fingerprint density at radius 2 is 2.05 bits per heavy atom. The summed E-state index contributed by atoms with van der Waals surface area (Å²) < 4.78 is 0. The van der Waals surface area contributed by atoms with E-state index in [-0.39, 0.29) is 18.2 Å². The largest absolute Gasteiger partial charge is 0.356 e. The summed E-state index contributed by atoms with van der Waals surface area (Å²) in [6.45, 7) is 8.32. The normalized spacial score (nSPS) is 11.2. The molecule has 1 rings (SSSR count). The van der Waals surface area contributed by atoms with Gasteiger partial charge in [-0.2, -0.15) is 0 Å². The van der Waals surface area contributed by atoms with E-state index < -0.39 is 5.41 Å². The van der Waals surface area contributed by atoms with Crippen molar-refractivity contribution >= 4 is 28.3 Å². The number of carbonyl (C=O) groups is 2. The topological polar surface area (TPSA) is 71.1 Å². The first-order valence-corrected chi connectivity index (χ1v) is 7.73. The van der Waals surface area contributed by atoms with Crippen molar-refractivity contribution in [1.29, 1.82) is 0 Å². The molecule has 0 unspecified atom stereocenters.